The van der Waals surface area contributed by atoms with Gasteiger partial charge in [0.2, 0.25) is 0 Å². The van der Waals surface area contributed by atoms with E-state index in [1.165, 1.54) is 128 Å². The minimum atomic E-state index is -0.834. The van der Waals surface area contributed by atoms with Crippen LogP contribution in [0.1, 0.15) is 194 Å². The Labute approximate surface area is 313 Å². The van der Waals surface area contributed by atoms with Crippen LogP contribution in [0.2, 0.25) is 0 Å². The molecule has 0 aromatic heterocycles. The van der Waals surface area contributed by atoms with Crippen LogP contribution >= 0.6 is 0 Å². The fourth-order valence-electron chi connectivity index (χ4n) is 6.72. The molecule has 0 bridgehead atoms. The summed E-state index contributed by atoms with van der Waals surface area (Å²) in [5, 5.41) is 9.11. The van der Waals surface area contributed by atoms with Crippen molar-refractivity contribution in [3.8, 4) is 0 Å². The van der Waals surface area contributed by atoms with Gasteiger partial charge in [-0.2, -0.15) is 0 Å². The first-order valence-corrected chi connectivity index (χ1v) is 21.5. The summed E-state index contributed by atoms with van der Waals surface area (Å²) < 4.78 is 16.7. The standard InChI is InChI=1S/C42H80N2O7/c1-4-6-8-10-12-14-16-18-20-22-24-26-28-30-40(46)49-36-39(37-50-42(48)43(3)38-34-44(35-38)32-33-45)51-41(47)31-29-27-25-23-21-19-17-15-13-11-9-7-5-2/h38-39,45H,4-37H2,1-3H3. The Hall–Kier alpha value is -1.87. The average molecular weight is 725 g/mol. The second-order valence-corrected chi connectivity index (χ2v) is 15.1. The number of esters is 2. The molecule has 300 valence electrons. The summed E-state index contributed by atoms with van der Waals surface area (Å²) in [5.41, 5.74) is 0. The van der Waals surface area contributed by atoms with Crippen LogP contribution in [0.15, 0.2) is 0 Å². The number of likely N-dealkylation sites (tertiary alicyclic amines) is 1. The highest BCUT2D eigenvalue weighted by Gasteiger charge is 2.33. The number of aliphatic hydroxyl groups excluding tert-OH is 1. The molecule has 9 heteroatoms. The van der Waals surface area contributed by atoms with Crippen molar-refractivity contribution in [2.45, 2.75) is 206 Å². The normalized spacial score (nSPS) is 13.9. The van der Waals surface area contributed by atoms with E-state index in [1.807, 2.05) is 0 Å². The zero-order valence-corrected chi connectivity index (χ0v) is 33.5. The molecule has 0 saturated carbocycles. The van der Waals surface area contributed by atoms with Gasteiger partial charge in [0, 0.05) is 39.5 Å². The number of hydrogen-bond donors (Lipinski definition) is 1. The summed E-state index contributed by atoms with van der Waals surface area (Å²) in [6.45, 7) is 6.27. The fourth-order valence-corrected chi connectivity index (χ4v) is 6.72. The van der Waals surface area contributed by atoms with E-state index in [0.29, 0.717) is 32.5 Å². The van der Waals surface area contributed by atoms with E-state index in [4.69, 9.17) is 19.3 Å². The van der Waals surface area contributed by atoms with Gasteiger partial charge in [0.25, 0.3) is 0 Å². The predicted molar refractivity (Wildman–Crippen MR) is 208 cm³/mol. The summed E-state index contributed by atoms with van der Waals surface area (Å²) in [6.07, 6.45) is 31.5. The van der Waals surface area contributed by atoms with E-state index in [9.17, 15) is 14.4 Å². The third-order valence-corrected chi connectivity index (χ3v) is 10.3. The van der Waals surface area contributed by atoms with Crippen molar-refractivity contribution in [3.05, 3.63) is 0 Å². The molecule has 1 aliphatic rings. The van der Waals surface area contributed by atoms with Crippen molar-refractivity contribution < 1.29 is 33.7 Å². The van der Waals surface area contributed by atoms with E-state index >= 15 is 0 Å². The molecule has 0 spiro atoms. The van der Waals surface area contributed by atoms with Crippen molar-refractivity contribution >= 4 is 18.0 Å². The molecule has 51 heavy (non-hydrogen) atoms. The molecule has 1 aliphatic heterocycles. The summed E-state index contributed by atoms with van der Waals surface area (Å²) in [6, 6.07) is 0.0127. The Morgan fingerprint density at radius 3 is 1.37 bits per heavy atom. The number of β-amino-alcohol motifs (C(OH)–C–C–N with tert-alkyl or cyclic N) is 1. The first kappa shape index (κ1) is 47.2. The van der Waals surface area contributed by atoms with Gasteiger partial charge in [0.05, 0.1) is 12.6 Å². The highest BCUT2D eigenvalue weighted by Crippen LogP contribution is 2.17. The number of nitrogens with zero attached hydrogens (tertiary/aromatic N) is 2. The zero-order valence-electron chi connectivity index (χ0n) is 33.5. The van der Waals surface area contributed by atoms with Crippen molar-refractivity contribution in [3.63, 3.8) is 0 Å². The number of unbranched alkanes of at least 4 members (excludes halogenated alkanes) is 24. The monoisotopic (exact) mass is 725 g/mol. The minimum Gasteiger partial charge on any atom is -0.462 e. The summed E-state index contributed by atoms with van der Waals surface area (Å²) in [4.78, 5) is 41.5. The van der Waals surface area contributed by atoms with Gasteiger partial charge in [-0.25, -0.2) is 4.79 Å². The maximum atomic E-state index is 12.7. The number of carbonyl (C=O) groups excluding carboxylic acids is 3. The lowest BCUT2D eigenvalue weighted by Gasteiger charge is -2.43. The maximum absolute atomic E-state index is 12.7. The molecule has 1 heterocycles. The Kier molecular flexibility index (Phi) is 31.4. The Morgan fingerprint density at radius 1 is 0.588 bits per heavy atom. The van der Waals surface area contributed by atoms with Crippen LogP contribution in [0.25, 0.3) is 0 Å². The summed E-state index contributed by atoms with van der Waals surface area (Å²) >= 11 is 0. The lowest BCUT2D eigenvalue weighted by molar-refractivity contribution is -0.161. The molecule has 1 fully saturated rings. The van der Waals surface area contributed by atoms with E-state index in [2.05, 4.69) is 18.7 Å². The topological polar surface area (TPSA) is 106 Å². The molecule has 0 aromatic carbocycles. The third kappa shape index (κ3) is 27.4. The molecule has 0 aromatic rings. The average Bonchev–Trinajstić information content (AvgIpc) is 3.10. The Bertz CT molecular complexity index is 836. The molecule has 1 unspecified atom stereocenters. The zero-order chi connectivity index (χ0) is 37.2. The van der Waals surface area contributed by atoms with Gasteiger partial charge in [-0.3, -0.25) is 14.5 Å². The second kappa shape index (κ2) is 33.9. The number of amides is 1. The lowest BCUT2D eigenvalue weighted by atomic mass is 10.0. The van der Waals surface area contributed by atoms with E-state index < -0.39 is 12.2 Å². The van der Waals surface area contributed by atoms with Crippen LogP contribution < -0.4 is 0 Å². The fraction of sp³-hybridized carbons (Fsp3) is 0.929. The van der Waals surface area contributed by atoms with Crippen LogP contribution in [0.5, 0.6) is 0 Å². The predicted octanol–water partition coefficient (Wildman–Crippen LogP) is 10.1. The SMILES string of the molecule is CCCCCCCCCCCCCCCC(=O)OCC(COC(=O)N(C)C1CN(CCO)C1)OC(=O)CCCCCCCCCCCCCCC. The number of aliphatic hydroxyl groups is 1. The minimum absolute atomic E-state index is 0.0127. The van der Waals surface area contributed by atoms with Crippen LogP contribution in [-0.2, 0) is 23.8 Å². The number of likely N-dealkylation sites (N-methyl/N-ethyl adjacent to an activating group) is 1. The smallest absolute Gasteiger partial charge is 0.409 e. The summed E-state index contributed by atoms with van der Waals surface area (Å²) in [5.74, 6) is -0.656. The molecule has 1 N–H and O–H groups in total. The maximum Gasteiger partial charge on any atom is 0.409 e. The van der Waals surface area contributed by atoms with Crippen molar-refractivity contribution in [1.82, 2.24) is 9.80 Å². The second-order valence-electron chi connectivity index (χ2n) is 15.1. The molecule has 0 aliphatic carbocycles. The van der Waals surface area contributed by atoms with Crippen molar-refractivity contribution in [2.75, 3.05) is 46.5 Å². The first-order chi connectivity index (χ1) is 24.9. The van der Waals surface area contributed by atoms with Gasteiger partial charge >= 0.3 is 18.0 Å². The highest BCUT2D eigenvalue weighted by atomic mass is 16.6. The molecule has 0 radical (unpaired) electrons. The van der Waals surface area contributed by atoms with Crippen LogP contribution in [0, 0.1) is 0 Å². The molecule has 9 nitrogen and oxygen atoms in total. The molecule has 1 amide bonds. The molecule has 1 atom stereocenters. The van der Waals surface area contributed by atoms with Gasteiger partial charge in [-0.05, 0) is 12.8 Å². The number of hydrogen-bond acceptors (Lipinski definition) is 8. The van der Waals surface area contributed by atoms with Crippen LogP contribution in [0.3, 0.4) is 0 Å². The molecule has 1 rings (SSSR count). The van der Waals surface area contributed by atoms with Gasteiger partial charge in [0.1, 0.15) is 13.2 Å². The van der Waals surface area contributed by atoms with Gasteiger partial charge in [0.15, 0.2) is 6.10 Å². The van der Waals surface area contributed by atoms with Crippen LogP contribution in [0.4, 0.5) is 4.79 Å². The Morgan fingerprint density at radius 2 is 0.961 bits per heavy atom. The molecular formula is C42H80N2O7. The van der Waals surface area contributed by atoms with Crippen molar-refractivity contribution in [1.29, 1.82) is 0 Å². The number of rotatable bonds is 36. The number of carbonyl (C=O) groups is 3. The lowest BCUT2D eigenvalue weighted by Crippen LogP contribution is -2.60. The van der Waals surface area contributed by atoms with Gasteiger partial charge in [-0.15, -0.1) is 0 Å². The molecule has 1 saturated heterocycles. The van der Waals surface area contributed by atoms with E-state index in [1.54, 1.807) is 11.9 Å². The Balaban J connectivity index is 2.29. The van der Waals surface area contributed by atoms with Gasteiger partial charge < -0.3 is 24.2 Å². The van der Waals surface area contributed by atoms with Crippen LogP contribution in [-0.4, -0.2) is 91.6 Å². The highest BCUT2D eigenvalue weighted by molar-refractivity contribution is 5.70. The largest absolute Gasteiger partial charge is 0.462 e. The van der Waals surface area contributed by atoms with Gasteiger partial charge in [-0.1, -0.05) is 168 Å². The summed E-state index contributed by atoms with van der Waals surface area (Å²) in [7, 11) is 1.69. The van der Waals surface area contributed by atoms with E-state index in [-0.39, 0.29) is 37.8 Å². The first-order valence-electron chi connectivity index (χ1n) is 21.5. The van der Waals surface area contributed by atoms with Crippen molar-refractivity contribution in [2.24, 2.45) is 0 Å². The molecular weight excluding hydrogens is 644 g/mol. The quantitative estimate of drug-likeness (QED) is 0.0387. The van der Waals surface area contributed by atoms with E-state index in [0.717, 1.165) is 38.5 Å². The number of ether oxygens (including phenoxy) is 3. The third-order valence-electron chi connectivity index (χ3n) is 10.3.